The fraction of sp³-hybridized carbons (Fsp3) is 0.611. The van der Waals surface area contributed by atoms with Crippen molar-refractivity contribution < 1.29 is 19.1 Å². The standard InChI is InChI=1S/C14H20N2O2.C4H8O2/c1-10-7-8-11-6-5-9-16(12(11)15-10)13(17)18-14(2,3)4;1-3-6-4(2)5/h7-8H,5-6,9H2,1-4H3;3H2,1-2H3. The maximum absolute atomic E-state index is 12.2. The number of fused-ring (bicyclic) bond motifs is 1. The fourth-order valence-corrected chi connectivity index (χ4v) is 2.23. The summed E-state index contributed by atoms with van der Waals surface area (Å²) in [6.07, 6.45) is 1.63. The molecule has 134 valence electrons. The number of carbonyl (C=O) groups is 2. The number of rotatable bonds is 1. The molecule has 24 heavy (non-hydrogen) atoms. The molecule has 1 amide bonds. The summed E-state index contributed by atoms with van der Waals surface area (Å²) in [6, 6.07) is 4.03. The summed E-state index contributed by atoms with van der Waals surface area (Å²) in [5, 5.41) is 0. The molecule has 1 aromatic rings. The number of anilines is 1. The van der Waals surface area contributed by atoms with Crippen LogP contribution in [-0.4, -0.2) is 35.8 Å². The number of amides is 1. The highest BCUT2D eigenvalue weighted by Crippen LogP contribution is 2.26. The van der Waals surface area contributed by atoms with E-state index in [1.165, 1.54) is 6.92 Å². The van der Waals surface area contributed by atoms with Gasteiger partial charge < -0.3 is 9.47 Å². The second-order valence-electron chi connectivity index (χ2n) is 6.60. The van der Waals surface area contributed by atoms with E-state index in [2.05, 4.69) is 9.72 Å². The summed E-state index contributed by atoms with van der Waals surface area (Å²) in [7, 11) is 0. The lowest BCUT2D eigenvalue weighted by Gasteiger charge is -2.30. The molecule has 0 saturated carbocycles. The Balaban J connectivity index is 0.000000413. The molecular formula is C18H28N2O4. The van der Waals surface area contributed by atoms with Gasteiger partial charge in [-0.05, 0) is 59.1 Å². The molecular weight excluding hydrogens is 308 g/mol. The lowest BCUT2D eigenvalue weighted by atomic mass is 10.1. The van der Waals surface area contributed by atoms with Crippen LogP contribution in [0.4, 0.5) is 10.6 Å². The monoisotopic (exact) mass is 336 g/mol. The number of nitrogens with zero attached hydrogens (tertiary/aromatic N) is 2. The lowest BCUT2D eigenvalue weighted by Crippen LogP contribution is -2.40. The van der Waals surface area contributed by atoms with Crippen LogP contribution in [0.25, 0.3) is 0 Å². The molecule has 0 aliphatic carbocycles. The third-order valence-corrected chi connectivity index (χ3v) is 3.14. The maximum Gasteiger partial charge on any atom is 0.416 e. The maximum atomic E-state index is 12.2. The zero-order valence-electron chi connectivity index (χ0n) is 15.5. The topological polar surface area (TPSA) is 68.7 Å². The van der Waals surface area contributed by atoms with E-state index in [0.717, 1.165) is 29.9 Å². The number of esters is 1. The SMILES string of the molecule is CCOC(C)=O.Cc1ccc2c(n1)N(C(=O)OC(C)(C)C)CCC2. The Bertz CT molecular complexity index is 579. The van der Waals surface area contributed by atoms with Crippen molar-refractivity contribution in [3.8, 4) is 0 Å². The van der Waals surface area contributed by atoms with Crippen molar-refractivity contribution in [1.82, 2.24) is 4.98 Å². The number of hydrogen-bond donors (Lipinski definition) is 0. The average Bonchev–Trinajstić information content (AvgIpc) is 2.45. The van der Waals surface area contributed by atoms with E-state index in [-0.39, 0.29) is 12.1 Å². The molecule has 2 heterocycles. The molecule has 6 heteroatoms. The predicted octanol–water partition coefficient (Wildman–Crippen LogP) is 3.65. The quantitative estimate of drug-likeness (QED) is 0.732. The van der Waals surface area contributed by atoms with Crippen LogP contribution >= 0.6 is 0 Å². The zero-order chi connectivity index (χ0) is 18.3. The van der Waals surface area contributed by atoms with E-state index in [4.69, 9.17) is 4.74 Å². The van der Waals surface area contributed by atoms with Crippen molar-refractivity contribution in [3.63, 3.8) is 0 Å². The highest BCUT2D eigenvalue weighted by molar-refractivity contribution is 5.88. The van der Waals surface area contributed by atoms with Gasteiger partial charge in [-0.2, -0.15) is 0 Å². The molecule has 0 radical (unpaired) electrons. The zero-order valence-corrected chi connectivity index (χ0v) is 15.5. The number of aryl methyl sites for hydroxylation is 2. The van der Waals surface area contributed by atoms with Crippen LogP contribution in [0.5, 0.6) is 0 Å². The van der Waals surface area contributed by atoms with Crippen LogP contribution in [0, 0.1) is 6.92 Å². The number of carbonyl (C=O) groups excluding carboxylic acids is 2. The Morgan fingerprint density at radius 1 is 1.29 bits per heavy atom. The summed E-state index contributed by atoms with van der Waals surface area (Å²) in [4.78, 5) is 28.1. The minimum absolute atomic E-state index is 0.211. The van der Waals surface area contributed by atoms with E-state index in [0.29, 0.717) is 13.2 Å². The number of hydrogen-bond acceptors (Lipinski definition) is 5. The molecule has 0 saturated heterocycles. The van der Waals surface area contributed by atoms with Gasteiger partial charge in [0.1, 0.15) is 11.4 Å². The highest BCUT2D eigenvalue weighted by atomic mass is 16.6. The van der Waals surface area contributed by atoms with Gasteiger partial charge in [-0.15, -0.1) is 0 Å². The number of pyridine rings is 1. The Kier molecular flexibility index (Phi) is 7.19. The van der Waals surface area contributed by atoms with Crippen molar-refractivity contribution >= 4 is 17.9 Å². The van der Waals surface area contributed by atoms with Crippen LogP contribution in [-0.2, 0) is 20.7 Å². The minimum Gasteiger partial charge on any atom is -0.466 e. The van der Waals surface area contributed by atoms with Gasteiger partial charge in [0.15, 0.2) is 0 Å². The van der Waals surface area contributed by atoms with E-state index >= 15 is 0 Å². The largest absolute Gasteiger partial charge is 0.466 e. The predicted molar refractivity (Wildman–Crippen MR) is 93.2 cm³/mol. The van der Waals surface area contributed by atoms with Crippen molar-refractivity contribution in [3.05, 3.63) is 23.4 Å². The highest BCUT2D eigenvalue weighted by Gasteiger charge is 2.28. The molecule has 1 aliphatic heterocycles. The average molecular weight is 336 g/mol. The first kappa shape index (κ1) is 19.9. The smallest absolute Gasteiger partial charge is 0.416 e. The summed E-state index contributed by atoms with van der Waals surface area (Å²) in [5.41, 5.74) is 1.57. The Morgan fingerprint density at radius 3 is 2.46 bits per heavy atom. The number of aromatic nitrogens is 1. The van der Waals surface area contributed by atoms with Crippen molar-refractivity contribution in [2.75, 3.05) is 18.1 Å². The van der Waals surface area contributed by atoms with E-state index < -0.39 is 5.60 Å². The summed E-state index contributed by atoms with van der Waals surface area (Å²) < 4.78 is 9.82. The molecule has 1 aromatic heterocycles. The molecule has 0 unspecified atom stereocenters. The van der Waals surface area contributed by atoms with Gasteiger partial charge in [-0.25, -0.2) is 9.78 Å². The van der Waals surface area contributed by atoms with Crippen LogP contribution in [0.2, 0.25) is 0 Å². The first-order valence-electron chi connectivity index (χ1n) is 8.24. The van der Waals surface area contributed by atoms with Gasteiger partial charge in [0, 0.05) is 19.2 Å². The van der Waals surface area contributed by atoms with Crippen LogP contribution in [0.15, 0.2) is 12.1 Å². The molecule has 6 nitrogen and oxygen atoms in total. The lowest BCUT2D eigenvalue weighted by molar-refractivity contribution is -0.140. The van der Waals surface area contributed by atoms with Gasteiger partial charge in [0.25, 0.3) is 0 Å². The molecule has 0 N–H and O–H groups in total. The Labute approximate surface area is 144 Å². The van der Waals surface area contributed by atoms with Gasteiger partial charge in [0.2, 0.25) is 0 Å². The summed E-state index contributed by atoms with van der Waals surface area (Å²) in [5.74, 6) is 0.549. The van der Waals surface area contributed by atoms with Crippen molar-refractivity contribution in [1.29, 1.82) is 0 Å². The molecule has 0 spiro atoms. The Morgan fingerprint density at radius 2 is 1.96 bits per heavy atom. The minimum atomic E-state index is -0.474. The summed E-state index contributed by atoms with van der Waals surface area (Å²) in [6.45, 7) is 11.9. The van der Waals surface area contributed by atoms with Gasteiger partial charge >= 0.3 is 12.1 Å². The first-order chi connectivity index (χ1) is 11.1. The third-order valence-electron chi connectivity index (χ3n) is 3.14. The van der Waals surface area contributed by atoms with E-state index in [1.807, 2.05) is 39.8 Å². The molecule has 2 rings (SSSR count). The molecule has 0 fully saturated rings. The van der Waals surface area contributed by atoms with Crippen molar-refractivity contribution in [2.45, 2.75) is 60.0 Å². The number of ether oxygens (including phenoxy) is 2. The van der Waals surface area contributed by atoms with Crippen LogP contribution < -0.4 is 4.90 Å². The Hall–Kier alpha value is -2.11. The van der Waals surface area contributed by atoms with Crippen molar-refractivity contribution in [2.24, 2.45) is 0 Å². The second-order valence-corrected chi connectivity index (χ2v) is 6.60. The molecule has 0 bridgehead atoms. The van der Waals surface area contributed by atoms with E-state index in [9.17, 15) is 9.59 Å². The third kappa shape index (κ3) is 6.56. The normalized spacial score (nSPS) is 13.3. The van der Waals surface area contributed by atoms with Crippen LogP contribution in [0.1, 0.15) is 52.3 Å². The molecule has 0 aromatic carbocycles. The van der Waals surface area contributed by atoms with Gasteiger partial charge in [0.05, 0.1) is 6.61 Å². The molecule has 1 aliphatic rings. The van der Waals surface area contributed by atoms with Gasteiger partial charge in [-0.3, -0.25) is 9.69 Å². The summed E-state index contributed by atoms with van der Waals surface area (Å²) >= 11 is 0. The second kappa shape index (κ2) is 8.66. The first-order valence-corrected chi connectivity index (χ1v) is 8.24. The molecule has 0 atom stereocenters. The van der Waals surface area contributed by atoms with Gasteiger partial charge in [-0.1, -0.05) is 6.07 Å². The fourth-order valence-electron chi connectivity index (χ4n) is 2.23. The van der Waals surface area contributed by atoms with E-state index in [1.54, 1.807) is 11.8 Å². The van der Waals surface area contributed by atoms with Crippen LogP contribution in [0.3, 0.4) is 0 Å².